The van der Waals surface area contributed by atoms with Gasteiger partial charge in [-0.2, -0.15) is 0 Å². The fraction of sp³-hybridized carbons (Fsp3) is 0.125. The number of fused-ring (bicyclic) bond motifs is 3. The van der Waals surface area contributed by atoms with Crippen LogP contribution in [0.3, 0.4) is 0 Å². The summed E-state index contributed by atoms with van der Waals surface area (Å²) >= 11 is 0. The van der Waals surface area contributed by atoms with Crippen LogP contribution in [0.5, 0.6) is 0 Å². The third-order valence-electron chi connectivity index (χ3n) is 3.36. The highest BCUT2D eigenvalue weighted by atomic mass is 16.4. The molecule has 20 heavy (non-hydrogen) atoms. The Morgan fingerprint density at radius 2 is 1.90 bits per heavy atom. The van der Waals surface area contributed by atoms with E-state index in [2.05, 4.69) is 0 Å². The van der Waals surface area contributed by atoms with Crippen molar-refractivity contribution in [3.05, 3.63) is 58.4 Å². The van der Waals surface area contributed by atoms with Gasteiger partial charge in [-0.25, -0.2) is 4.79 Å². The van der Waals surface area contributed by atoms with Crippen molar-refractivity contribution in [2.24, 2.45) is 5.73 Å². The third-order valence-corrected chi connectivity index (χ3v) is 3.36. The van der Waals surface area contributed by atoms with E-state index in [4.69, 9.17) is 10.2 Å². The largest absolute Gasteiger partial charge is 0.422 e. The number of nitrogens with two attached hydrogens (primary N) is 1. The Hall–Kier alpha value is -2.62. The maximum absolute atomic E-state index is 11.7. The van der Waals surface area contributed by atoms with Gasteiger partial charge in [-0.3, -0.25) is 4.79 Å². The third kappa shape index (κ3) is 2.16. The van der Waals surface area contributed by atoms with Gasteiger partial charge in [0.1, 0.15) is 5.58 Å². The standard InChI is InChI=1S/C16H13NO3/c17-14(18)8-6-11-9-15(19)20-16-12-4-2-1-3-10(12)5-7-13(11)16/h1-5,7,9H,6,8H2,(H2,17,18). The van der Waals surface area contributed by atoms with Gasteiger partial charge in [0.15, 0.2) is 0 Å². The lowest BCUT2D eigenvalue weighted by Crippen LogP contribution is -2.12. The van der Waals surface area contributed by atoms with Gasteiger partial charge in [0.2, 0.25) is 5.91 Å². The highest BCUT2D eigenvalue weighted by Crippen LogP contribution is 2.26. The number of carbonyl (C=O) groups excluding carboxylic acids is 1. The van der Waals surface area contributed by atoms with E-state index in [-0.39, 0.29) is 12.3 Å². The summed E-state index contributed by atoms with van der Waals surface area (Å²) in [6.45, 7) is 0. The number of benzene rings is 2. The first kappa shape index (κ1) is 12.4. The minimum Gasteiger partial charge on any atom is -0.422 e. The Morgan fingerprint density at radius 1 is 1.10 bits per heavy atom. The van der Waals surface area contributed by atoms with Crippen LogP contribution < -0.4 is 11.4 Å². The van der Waals surface area contributed by atoms with Gasteiger partial charge in [-0.15, -0.1) is 0 Å². The molecule has 0 atom stereocenters. The molecule has 0 saturated heterocycles. The average molecular weight is 267 g/mol. The van der Waals surface area contributed by atoms with Crippen molar-refractivity contribution in [2.45, 2.75) is 12.8 Å². The van der Waals surface area contributed by atoms with Gasteiger partial charge >= 0.3 is 5.63 Å². The molecule has 0 fully saturated rings. The van der Waals surface area contributed by atoms with E-state index in [1.54, 1.807) is 0 Å². The second-order valence-corrected chi connectivity index (χ2v) is 4.72. The van der Waals surface area contributed by atoms with Crippen molar-refractivity contribution in [3.8, 4) is 0 Å². The van der Waals surface area contributed by atoms with Crippen LogP contribution in [0.4, 0.5) is 0 Å². The molecule has 0 aliphatic heterocycles. The number of primary amides is 1. The molecular weight excluding hydrogens is 254 g/mol. The van der Waals surface area contributed by atoms with Gasteiger partial charge in [0.05, 0.1) is 0 Å². The predicted molar refractivity (Wildman–Crippen MR) is 77.5 cm³/mol. The van der Waals surface area contributed by atoms with Crippen molar-refractivity contribution >= 4 is 27.6 Å². The van der Waals surface area contributed by atoms with Crippen LogP contribution in [0.25, 0.3) is 21.7 Å². The Kier molecular flexibility index (Phi) is 2.99. The van der Waals surface area contributed by atoms with Crippen molar-refractivity contribution in [1.29, 1.82) is 0 Å². The lowest BCUT2D eigenvalue weighted by Gasteiger charge is -2.06. The number of hydrogen-bond acceptors (Lipinski definition) is 3. The van der Waals surface area contributed by atoms with Gasteiger partial charge in [-0.05, 0) is 17.4 Å². The summed E-state index contributed by atoms with van der Waals surface area (Å²) < 4.78 is 5.35. The van der Waals surface area contributed by atoms with Crippen LogP contribution in [0.2, 0.25) is 0 Å². The summed E-state index contributed by atoms with van der Waals surface area (Å²) in [5, 5.41) is 2.75. The molecule has 2 N–H and O–H groups in total. The molecule has 0 aliphatic carbocycles. The van der Waals surface area contributed by atoms with Crippen LogP contribution in [-0.4, -0.2) is 5.91 Å². The molecular formula is C16H13NO3. The summed E-state index contributed by atoms with van der Waals surface area (Å²) in [7, 11) is 0. The van der Waals surface area contributed by atoms with Gasteiger partial charge < -0.3 is 10.2 Å². The van der Waals surface area contributed by atoms with Crippen molar-refractivity contribution in [3.63, 3.8) is 0 Å². The zero-order valence-electron chi connectivity index (χ0n) is 10.8. The molecule has 100 valence electrons. The Labute approximate surface area is 114 Å². The molecule has 0 unspecified atom stereocenters. The average Bonchev–Trinajstić information content (AvgIpc) is 2.44. The lowest BCUT2D eigenvalue weighted by atomic mass is 10.0. The fourth-order valence-electron chi connectivity index (χ4n) is 2.42. The molecule has 0 bridgehead atoms. The van der Waals surface area contributed by atoms with Crippen LogP contribution in [0, 0.1) is 0 Å². The van der Waals surface area contributed by atoms with Crippen LogP contribution in [-0.2, 0) is 11.2 Å². The zero-order valence-corrected chi connectivity index (χ0v) is 10.8. The Morgan fingerprint density at radius 3 is 2.70 bits per heavy atom. The van der Waals surface area contributed by atoms with Crippen LogP contribution in [0.15, 0.2) is 51.7 Å². The Bertz CT molecular complexity index is 864. The molecule has 3 aromatic rings. The topological polar surface area (TPSA) is 73.3 Å². The predicted octanol–water partition coefficient (Wildman–Crippen LogP) is 2.36. The molecule has 1 heterocycles. The summed E-state index contributed by atoms with van der Waals surface area (Å²) in [6, 6.07) is 13.0. The second kappa shape index (κ2) is 4.81. The molecule has 4 heteroatoms. The molecule has 2 aromatic carbocycles. The highest BCUT2D eigenvalue weighted by Gasteiger charge is 2.09. The van der Waals surface area contributed by atoms with Crippen molar-refractivity contribution < 1.29 is 9.21 Å². The maximum Gasteiger partial charge on any atom is 0.336 e. The minimum absolute atomic E-state index is 0.214. The van der Waals surface area contributed by atoms with E-state index in [1.165, 1.54) is 6.07 Å². The minimum atomic E-state index is -0.409. The lowest BCUT2D eigenvalue weighted by molar-refractivity contribution is -0.117. The van der Waals surface area contributed by atoms with Crippen molar-refractivity contribution in [2.75, 3.05) is 0 Å². The smallest absolute Gasteiger partial charge is 0.336 e. The summed E-state index contributed by atoms with van der Waals surface area (Å²) in [6.07, 6.45) is 0.654. The van der Waals surface area contributed by atoms with Gasteiger partial charge in [0.25, 0.3) is 0 Å². The van der Waals surface area contributed by atoms with Crippen LogP contribution in [0.1, 0.15) is 12.0 Å². The quantitative estimate of drug-likeness (QED) is 0.584. The molecule has 4 nitrogen and oxygen atoms in total. The number of rotatable bonds is 3. The van der Waals surface area contributed by atoms with E-state index in [1.807, 2.05) is 36.4 Å². The molecule has 0 saturated carbocycles. The maximum atomic E-state index is 11.7. The number of aryl methyl sites for hydroxylation is 1. The molecule has 0 aliphatic rings. The molecule has 0 radical (unpaired) electrons. The van der Waals surface area contributed by atoms with Crippen LogP contribution >= 0.6 is 0 Å². The first-order valence-electron chi connectivity index (χ1n) is 6.38. The first-order chi connectivity index (χ1) is 9.65. The van der Waals surface area contributed by atoms with E-state index < -0.39 is 5.63 Å². The van der Waals surface area contributed by atoms with E-state index in [0.717, 1.165) is 21.7 Å². The summed E-state index contributed by atoms with van der Waals surface area (Å²) in [5.74, 6) is -0.382. The molecule has 0 spiro atoms. The highest BCUT2D eigenvalue weighted by molar-refractivity contribution is 6.04. The number of carbonyl (C=O) groups is 1. The van der Waals surface area contributed by atoms with Crippen molar-refractivity contribution in [1.82, 2.24) is 0 Å². The summed E-state index contributed by atoms with van der Waals surface area (Å²) in [5.41, 5.74) is 6.12. The van der Waals surface area contributed by atoms with Gasteiger partial charge in [-0.1, -0.05) is 36.4 Å². The SMILES string of the molecule is NC(=O)CCc1cc(=O)oc2c1ccc1ccccc12. The summed E-state index contributed by atoms with van der Waals surface area (Å²) in [4.78, 5) is 22.6. The van der Waals surface area contributed by atoms with Gasteiger partial charge in [0, 0.05) is 23.3 Å². The molecule has 1 aromatic heterocycles. The second-order valence-electron chi connectivity index (χ2n) is 4.72. The van der Waals surface area contributed by atoms with E-state index >= 15 is 0 Å². The van der Waals surface area contributed by atoms with E-state index in [9.17, 15) is 9.59 Å². The molecule has 3 rings (SSSR count). The normalized spacial score (nSPS) is 11.0. The monoisotopic (exact) mass is 267 g/mol. The first-order valence-corrected chi connectivity index (χ1v) is 6.38. The molecule has 1 amide bonds. The number of hydrogen-bond donors (Lipinski definition) is 1. The fourth-order valence-corrected chi connectivity index (χ4v) is 2.42. The van der Waals surface area contributed by atoms with E-state index in [0.29, 0.717) is 12.0 Å². The number of amides is 1. The zero-order chi connectivity index (χ0) is 14.1. The Balaban J connectivity index is 2.29.